The van der Waals surface area contributed by atoms with Crippen LogP contribution < -0.4 is 22.2 Å². The number of nitrogens with zero attached hydrogens (tertiary/aromatic N) is 2. The van der Waals surface area contributed by atoms with E-state index >= 15 is 0 Å². The van der Waals surface area contributed by atoms with Gasteiger partial charge in [-0.2, -0.15) is 0 Å². The highest BCUT2D eigenvalue weighted by Crippen LogP contribution is 2.13. The summed E-state index contributed by atoms with van der Waals surface area (Å²) in [7, 11) is 0. The topological polar surface area (TPSA) is 20.6 Å². The molecule has 1 N–H and O–H groups in total. The van der Waals surface area contributed by atoms with E-state index in [2.05, 4.69) is 16.8 Å². The summed E-state index contributed by atoms with van der Waals surface area (Å²) in [6, 6.07) is 5.83. The second-order valence-electron chi connectivity index (χ2n) is 4.31. The van der Waals surface area contributed by atoms with Crippen molar-refractivity contribution in [3.8, 4) is 0 Å². The molecule has 2 rings (SSSR count). The maximum absolute atomic E-state index is 5.90. The van der Waals surface area contributed by atoms with Gasteiger partial charge in [-0.05, 0) is 18.6 Å². The van der Waals surface area contributed by atoms with Crippen LogP contribution in [0.25, 0.3) is 0 Å². The molecule has 3 nitrogen and oxygen atoms in total. The Labute approximate surface area is 114 Å². The van der Waals surface area contributed by atoms with Crippen molar-refractivity contribution in [1.82, 2.24) is 4.98 Å². The number of pyridine rings is 1. The number of piperazine rings is 1. The van der Waals surface area contributed by atoms with Gasteiger partial charge in [0.25, 0.3) is 0 Å². The van der Waals surface area contributed by atoms with E-state index in [0.29, 0.717) is 5.15 Å². The zero-order valence-electron chi connectivity index (χ0n) is 10.1. The second-order valence-corrected chi connectivity index (χ2v) is 4.69. The zero-order chi connectivity index (χ0) is 11.4. The standard InChI is InChI=1S/C12H18ClN3.ClH/c1-2-6-15-7-9-16(10-8-15)12-5-3-4-11(13)14-12;/h3-5H,2,6-10H2,1H3;1H. The van der Waals surface area contributed by atoms with Gasteiger partial charge in [0.05, 0.1) is 32.7 Å². The van der Waals surface area contributed by atoms with Crippen LogP contribution in [-0.2, 0) is 0 Å². The lowest BCUT2D eigenvalue weighted by Crippen LogP contribution is -3.14. The van der Waals surface area contributed by atoms with Crippen molar-refractivity contribution in [3.05, 3.63) is 23.4 Å². The van der Waals surface area contributed by atoms with Crippen molar-refractivity contribution in [2.45, 2.75) is 13.3 Å². The molecular formula is C12H19Cl2N3. The first-order valence-electron chi connectivity index (χ1n) is 6.00. The minimum atomic E-state index is 0. The summed E-state index contributed by atoms with van der Waals surface area (Å²) in [5.74, 6) is 1.02. The van der Waals surface area contributed by atoms with Crippen LogP contribution in [-0.4, -0.2) is 37.7 Å². The van der Waals surface area contributed by atoms with Crippen molar-refractivity contribution >= 4 is 17.4 Å². The summed E-state index contributed by atoms with van der Waals surface area (Å²) in [5.41, 5.74) is 0. The Morgan fingerprint density at radius 2 is 2.06 bits per heavy atom. The third-order valence-electron chi connectivity index (χ3n) is 3.10. The van der Waals surface area contributed by atoms with E-state index in [9.17, 15) is 0 Å². The van der Waals surface area contributed by atoms with Crippen LogP contribution in [0.15, 0.2) is 18.2 Å². The minimum Gasteiger partial charge on any atom is -1.00 e. The molecule has 0 bridgehead atoms. The second kappa shape index (κ2) is 7.04. The number of anilines is 1. The highest BCUT2D eigenvalue weighted by Gasteiger charge is 2.19. The lowest BCUT2D eigenvalue weighted by Gasteiger charge is -2.32. The number of rotatable bonds is 3. The molecule has 0 amide bonds. The van der Waals surface area contributed by atoms with Crippen LogP contribution in [0.1, 0.15) is 13.3 Å². The van der Waals surface area contributed by atoms with E-state index in [0.717, 1.165) is 18.9 Å². The summed E-state index contributed by atoms with van der Waals surface area (Å²) >= 11 is 5.90. The summed E-state index contributed by atoms with van der Waals surface area (Å²) in [5, 5.41) is 0.584. The molecule has 0 radical (unpaired) electrons. The third-order valence-corrected chi connectivity index (χ3v) is 3.31. The molecule has 1 aliphatic heterocycles. The molecule has 0 atom stereocenters. The highest BCUT2D eigenvalue weighted by molar-refractivity contribution is 6.29. The molecule has 1 fully saturated rings. The fraction of sp³-hybridized carbons (Fsp3) is 0.583. The largest absolute Gasteiger partial charge is 1.00 e. The molecule has 2 heterocycles. The van der Waals surface area contributed by atoms with Crippen LogP contribution in [0.2, 0.25) is 5.15 Å². The summed E-state index contributed by atoms with van der Waals surface area (Å²) in [6.45, 7) is 8.13. The molecule has 1 aromatic heterocycles. The minimum absolute atomic E-state index is 0. The average Bonchev–Trinajstić information content (AvgIpc) is 2.30. The first kappa shape index (κ1) is 14.6. The molecule has 5 heteroatoms. The SMILES string of the molecule is CCC[NH+]1CCN(c2cccc(Cl)n2)CC1.[Cl-]. The van der Waals surface area contributed by atoms with Crippen LogP contribution in [0, 0.1) is 0 Å². The van der Waals surface area contributed by atoms with E-state index in [1.165, 1.54) is 26.1 Å². The van der Waals surface area contributed by atoms with Gasteiger partial charge in [-0.1, -0.05) is 24.6 Å². The maximum Gasteiger partial charge on any atom is 0.131 e. The lowest BCUT2D eigenvalue weighted by atomic mass is 10.3. The van der Waals surface area contributed by atoms with Gasteiger partial charge in [0.2, 0.25) is 0 Å². The molecule has 1 aliphatic rings. The first-order valence-corrected chi connectivity index (χ1v) is 6.38. The zero-order valence-corrected chi connectivity index (χ0v) is 11.6. The normalized spacial score (nSPS) is 16.7. The van der Waals surface area contributed by atoms with E-state index in [1.54, 1.807) is 4.90 Å². The molecular weight excluding hydrogens is 257 g/mol. The fourth-order valence-electron chi connectivity index (χ4n) is 2.23. The Morgan fingerprint density at radius 1 is 1.35 bits per heavy atom. The molecule has 0 aromatic carbocycles. The lowest BCUT2D eigenvalue weighted by molar-refractivity contribution is -0.900. The van der Waals surface area contributed by atoms with Crippen molar-refractivity contribution in [1.29, 1.82) is 0 Å². The van der Waals surface area contributed by atoms with E-state index in [4.69, 9.17) is 11.6 Å². The highest BCUT2D eigenvalue weighted by atomic mass is 35.5. The molecule has 0 unspecified atom stereocenters. The summed E-state index contributed by atoms with van der Waals surface area (Å²) < 4.78 is 0. The predicted octanol–water partition coefficient (Wildman–Crippen LogP) is -2.15. The Bertz CT molecular complexity index is 338. The number of hydrogen-bond acceptors (Lipinski definition) is 2. The number of hydrogen-bond donors (Lipinski definition) is 1. The van der Waals surface area contributed by atoms with Crippen molar-refractivity contribution in [3.63, 3.8) is 0 Å². The molecule has 0 saturated carbocycles. The molecule has 17 heavy (non-hydrogen) atoms. The molecule has 1 saturated heterocycles. The molecule has 0 spiro atoms. The quantitative estimate of drug-likeness (QED) is 0.636. The Balaban J connectivity index is 0.00000144. The Kier molecular flexibility index (Phi) is 6.03. The Morgan fingerprint density at radius 3 is 2.65 bits per heavy atom. The summed E-state index contributed by atoms with van der Waals surface area (Å²) in [4.78, 5) is 8.38. The van der Waals surface area contributed by atoms with Gasteiger partial charge in [0.1, 0.15) is 11.0 Å². The number of quaternary nitrogens is 1. The van der Waals surface area contributed by atoms with Gasteiger partial charge < -0.3 is 22.2 Å². The summed E-state index contributed by atoms with van der Waals surface area (Å²) in [6.07, 6.45) is 1.27. The van der Waals surface area contributed by atoms with Gasteiger partial charge in [-0.15, -0.1) is 0 Å². The number of aromatic nitrogens is 1. The van der Waals surface area contributed by atoms with Crippen molar-refractivity contribution < 1.29 is 17.3 Å². The van der Waals surface area contributed by atoms with Crippen LogP contribution in [0.5, 0.6) is 0 Å². The fourth-order valence-corrected chi connectivity index (χ4v) is 2.39. The van der Waals surface area contributed by atoms with Gasteiger partial charge in [-0.25, -0.2) is 4.98 Å². The first-order chi connectivity index (χ1) is 7.79. The van der Waals surface area contributed by atoms with E-state index in [1.807, 2.05) is 18.2 Å². The smallest absolute Gasteiger partial charge is 0.131 e. The number of nitrogens with one attached hydrogen (secondary N) is 1. The number of halogens is 2. The van der Waals surface area contributed by atoms with Gasteiger partial charge in [0.15, 0.2) is 0 Å². The monoisotopic (exact) mass is 275 g/mol. The van der Waals surface area contributed by atoms with Gasteiger partial charge >= 0.3 is 0 Å². The van der Waals surface area contributed by atoms with Gasteiger partial charge in [0, 0.05) is 0 Å². The third kappa shape index (κ3) is 4.02. The van der Waals surface area contributed by atoms with Crippen molar-refractivity contribution in [2.75, 3.05) is 37.6 Å². The van der Waals surface area contributed by atoms with Crippen LogP contribution in [0.3, 0.4) is 0 Å². The van der Waals surface area contributed by atoms with Crippen LogP contribution in [0.4, 0.5) is 5.82 Å². The molecule has 1 aromatic rings. The van der Waals surface area contributed by atoms with Crippen molar-refractivity contribution in [2.24, 2.45) is 0 Å². The Hall–Kier alpha value is -0.510. The van der Waals surface area contributed by atoms with Crippen LogP contribution >= 0.6 is 11.6 Å². The van der Waals surface area contributed by atoms with Gasteiger partial charge in [-0.3, -0.25) is 0 Å². The molecule has 96 valence electrons. The molecule has 0 aliphatic carbocycles. The predicted molar refractivity (Wildman–Crippen MR) is 67.3 cm³/mol. The van der Waals surface area contributed by atoms with E-state index in [-0.39, 0.29) is 12.4 Å². The van der Waals surface area contributed by atoms with E-state index < -0.39 is 0 Å². The maximum atomic E-state index is 5.90. The average molecular weight is 276 g/mol.